The topological polar surface area (TPSA) is 102 Å². The number of carboxylic acids is 1. The maximum Gasteiger partial charge on any atom is 0.407 e. The maximum atomic E-state index is 11.3. The summed E-state index contributed by atoms with van der Waals surface area (Å²) < 4.78 is 4.86. The Labute approximate surface area is 102 Å². The van der Waals surface area contributed by atoms with Crippen molar-refractivity contribution in [2.75, 3.05) is 13.2 Å². The molecule has 0 aromatic carbocycles. The van der Waals surface area contributed by atoms with Crippen molar-refractivity contribution in [3.63, 3.8) is 0 Å². The number of unbranched alkanes of at least 4 members (excludes halogenated alkanes) is 2. The fraction of sp³-hybridized carbons (Fsp3) is 0.818. The highest BCUT2D eigenvalue weighted by Gasteiger charge is 2.19. The minimum Gasteiger partial charge on any atom is -0.480 e. The lowest BCUT2D eigenvalue weighted by atomic mass is 10.1. The van der Waals surface area contributed by atoms with Crippen LogP contribution >= 0.6 is 0 Å². The number of amides is 1. The van der Waals surface area contributed by atoms with Crippen molar-refractivity contribution in [3.8, 4) is 0 Å². The number of hydrogen-bond donors (Lipinski definition) is 3. The van der Waals surface area contributed by atoms with Crippen molar-refractivity contribution in [2.45, 2.75) is 45.1 Å². The zero-order valence-electron chi connectivity index (χ0n) is 10.3. The Balaban J connectivity index is 3.83. The standard InChI is InChI=1S/C11H22N2O4/c1-2-3-4-8-17-11(16)13-9(10(14)15)6-5-7-12/h9H,2-8,12H2,1H3,(H,13,16)(H,14,15). The molecule has 0 fully saturated rings. The summed E-state index contributed by atoms with van der Waals surface area (Å²) in [7, 11) is 0. The van der Waals surface area contributed by atoms with E-state index >= 15 is 0 Å². The summed E-state index contributed by atoms with van der Waals surface area (Å²) in [5.41, 5.74) is 5.28. The second-order valence-electron chi connectivity index (χ2n) is 3.81. The highest BCUT2D eigenvalue weighted by atomic mass is 16.5. The number of nitrogens with one attached hydrogen (secondary N) is 1. The third-order valence-electron chi connectivity index (χ3n) is 2.27. The molecule has 0 aliphatic heterocycles. The quantitative estimate of drug-likeness (QED) is 0.529. The molecule has 0 bridgehead atoms. The number of carboxylic acid groups (broad SMARTS) is 1. The molecule has 0 aliphatic rings. The first-order valence-electron chi connectivity index (χ1n) is 5.98. The van der Waals surface area contributed by atoms with E-state index in [-0.39, 0.29) is 0 Å². The third-order valence-corrected chi connectivity index (χ3v) is 2.27. The van der Waals surface area contributed by atoms with Crippen LogP contribution in [0.2, 0.25) is 0 Å². The van der Waals surface area contributed by atoms with E-state index in [1.807, 2.05) is 6.92 Å². The van der Waals surface area contributed by atoms with Gasteiger partial charge < -0.3 is 20.9 Å². The molecule has 1 atom stereocenters. The van der Waals surface area contributed by atoms with Crippen molar-refractivity contribution >= 4 is 12.1 Å². The van der Waals surface area contributed by atoms with Gasteiger partial charge in [0, 0.05) is 0 Å². The Hall–Kier alpha value is -1.30. The van der Waals surface area contributed by atoms with Crippen LogP contribution in [0.1, 0.15) is 39.0 Å². The average molecular weight is 246 g/mol. The van der Waals surface area contributed by atoms with Crippen molar-refractivity contribution in [3.05, 3.63) is 0 Å². The first-order valence-corrected chi connectivity index (χ1v) is 5.98. The van der Waals surface area contributed by atoms with Gasteiger partial charge >= 0.3 is 12.1 Å². The van der Waals surface area contributed by atoms with Crippen molar-refractivity contribution in [1.29, 1.82) is 0 Å². The van der Waals surface area contributed by atoms with E-state index in [1.54, 1.807) is 0 Å². The van der Waals surface area contributed by atoms with Gasteiger partial charge in [0.1, 0.15) is 6.04 Å². The highest BCUT2D eigenvalue weighted by Crippen LogP contribution is 1.99. The first-order chi connectivity index (χ1) is 8.11. The van der Waals surface area contributed by atoms with E-state index < -0.39 is 18.1 Å². The van der Waals surface area contributed by atoms with Crippen LogP contribution in [0.3, 0.4) is 0 Å². The lowest BCUT2D eigenvalue weighted by molar-refractivity contribution is -0.139. The summed E-state index contributed by atoms with van der Waals surface area (Å²) in [5, 5.41) is 11.2. The van der Waals surface area contributed by atoms with Gasteiger partial charge in [-0.15, -0.1) is 0 Å². The minimum absolute atomic E-state index is 0.315. The molecule has 0 saturated carbocycles. The molecule has 4 N–H and O–H groups in total. The molecule has 0 rings (SSSR count). The zero-order valence-corrected chi connectivity index (χ0v) is 10.3. The predicted octanol–water partition coefficient (Wildman–Crippen LogP) is 1.09. The number of aliphatic carboxylic acids is 1. The fourth-order valence-corrected chi connectivity index (χ4v) is 1.28. The maximum absolute atomic E-state index is 11.3. The van der Waals surface area contributed by atoms with Crippen LogP contribution in [0.4, 0.5) is 4.79 Å². The van der Waals surface area contributed by atoms with Gasteiger partial charge in [0.2, 0.25) is 0 Å². The van der Waals surface area contributed by atoms with E-state index in [0.29, 0.717) is 26.0 Å². The molecule has 6 heteroatoms. The number of nitrogens with two attached hydrogens (primary N) is 1. The van der Waals surface area contributed by atoms with Gasteiger partial charge in [-0.3, -0.25) is 0 Å². The van der Waals surface area contributed by atoms with Crippen molar-refractivity contribution in [2.24, 2.45) is 5.73 Å². The van der Waals surface area contributed by atoms with Gasteiger partial charge in [0.05, 0.1) is 6.61 Å². The lowest BCUT2D eigenvalue weighted by Crippen LogP contribution is -2.41. The van der Waals surface area contributed by atoms with E-state index in [9.17, 15) is 9.59 Å². The molecule has 6 nitrogen and oxygen atoms in total. The summed E-state index contributed by atoms with van der Waals surface area (Å²) in [5.74, 6) is -1.07. The summed E-state index contributed by atoms with van der Waals surface area (Å²) in [6.07, 6.45) is 3.01. The van der Waals surface area contributed by atoms with Crippen LogP contribution in [0.25, 0.3) is 0 Å². The number of ether oxygens (including phenoxy) is 1. The van der Waals surface area contributed by atoms with E-state index in [1.165, 1.54) is 0 Å². The fourth-order valence-electron chi connectivity index (χ4n) is 1.28. The number of alkyl carbamates (subject to hydrolysis) is 1. The number of rotatable bonds is 9. The molecule has 0 aromatic rings. The molecule has 0 aliphatic carbocycles. The summed E-state index contributed by atoms with van der Waals surface area (Å²) >= 11 is 0. The second kappa shape index (κ2) is 9.89. The third kappa shape index (κ3) is 8.50. The SMILES string of the molecule is CCCCCOC(=O)NC(CCCN)C(=O)O. The van der Waals surface area contributed by atoms with Gasteiger partial charge in [-0.2, -0.15) is 0 Å². The summed E-state index contributed by atoms with van der Waals surface area (Å²) in [4.78, 5) is 22.1. The van der Waals surface area contributed by atoms with Crippen LogP contribution < -0.4 is 11.1 Å². The van der Waals surface area contributed by atoms with Crippen LogP contribution in [0, 0.1) is 0 Å². The molecule has 1 unspecified atom stereocenters. The number of carbonyl (C=O) groups excluding carboxylic acids is 1. The molecular formula is C11H22N2O4. The summed E-state index contributed by atoms with van der Waals surface area (Å²) in [6, 6.07) is -0.919. The van der Waals surface area contributed by atoms with Gasteiger partial charge in [-0.25, -0.2) is 9.59 Å². The van der Waals surface area contributed by atoms with Crippen LogP contribution in [-0.4, -0.2) is 36.4 Å². The monoisotopic (exact) mass is 246 g/mol. The highest BCUT2D eigenvalue weighted by molar-refractivity contribution is 5.79. The lowest BCUT2D eigenvalue weighted by Gasteiger charge is -2.13. The molecular weight excluding hydrogens is 224 g/mol. The van der Waals surface area contributed by atoms with E-state index in [0.717, 1.165) is 19.3 Å². The van der Waals surface area contributed by atoms with E-state index in [2.05, 4.69) is 5.32 Å². The largest absolute Gasteiger partial charge is 0.480 e. The molecule has 0 spiro atoms. The van der Waals surface area contributed by atoms with Crippen LogP contribution in [0.15, 0.2) is 0 Å². The van der Waals surface area contributed by atoms with Crippen molar-refractivity contribution in [1.82, 2.24) is 5.32 Å². The number of carbonyl (C=O) groups is 2. The Morgan fingerprint density at radius 1 is 1.35 bits per heavy atom. The minimum atomic E-state index is -1.07. The molecule has 0 radical (unpaired) electrons. The van der Waals surface area contributed by atoms with Crippen LogP contribution in [-0.2, 0) is 9.53 Å². The van der Waals surface area contributed by atoms with Crippen molar-refractivity contribution < 1.29 is 19.4 Å². The molecule has 1 amide bonds. The Bertz CT molecular complexity index is 234. The van der Waals surface area contributed by atoms with Gasteiger partial charge in [-0.05, 0) is 25.8 Å². The average Bonchev–Trinajstić information content (AvgIpc) is 2.29. The van der Waals surface area contributed by atoms with Gasteiger partial charge in [-0.1, -0.05) is 19.8 Å². The predicted molar refractivity (Wildman–Crippen MR) is 63.7 cm³/mol. The molecule has 0 aromatic heterocycles. The number of hydrogen-bond acceptors (Lipinski definition) is 4. The Morgan fingerprint density at radius 3 is 2.59 bits per heavy atom. The smallest absolute Gasteiger partial charge is 0.407 e. The van der Waals surface area contributed by atoms with E-state index in [4.69, 9.17) is 15.6 Å². The Morgan fingerprint density at radius 2 is 2.06 bits per heavy atom. The summed E-state index contributed by atoms with van der Waals surface area (Å²) in [6.45, 7) is 2.77. The zero-order chi connectivity index (χ0) is 13.1. The van der Waals surface area contributed by atoms with Gasteiger partial charge in [0.15, 0.2) is 0 Å². The molecule has 0 heterocycles. The second-order valence-corrected chi connectivity index (χ2v) is 3.81. The molecule has 0 saturated heterocycles. The first kappa shape index (κ1) is 15.7. The Kier molecular flexibility index (Phi) is 9.14. The molecule has 17 heavy (non-hydrogen) atoms. The van der Waals surface area contributed by atoms with Crippen LogP contribution in [0.5, 0.6) is 0 Å². The van der Waals surface area contributed by atoms with Gasteiger partial charge in [0.25, 0.3) is 0 Å². The molecule has 100 valence electrons. The normalized spacial score (nSPS) is 11.9.